The largest absolute Gasteiger partial charge is 0.481 e. The summed E-state index contributed by atoms with van der Waals surface area (Å²) >= 11 is 0. The summed E-state index contributed by atoms with van der Waals surface area (Å²) in [7, 11) is 0. The number of amides is 1. The van der Waals surface area contributed by atoms with Gasteiger partial charge in [0.05, 0.1) is 11.5 Å². The maximum absolute atomic E-state index is 11.7. The van der Waals surface area contributed by atoms with Crippen LogP contribution in [0.1, 0.15) is 31.2 Å². The van der Waals surface area contributed by atoms with E-state index in [1.807, 2.05) is 6.07 Å². The molecule has 5 heteroatoms. The van der Waals surface area contributed by atoms with Crippen molar-refractivity contribution in [2.75, 3.05) is 19.6 Å². The summed E-state index contributed by atoms with van der Waals surface area (Å²) in [5.41, 5.74) is 0.841. The van der Waals surface area contributed by atoms with Gasteiger partial charge >= 0.3 is 5.97 Å². The molecule has 5 nitrogen and oxygen atoms in total. The molecule has 0 bridgehead atoms. The summed E-state index contributed by atoms with van der Waals surface area (Å²) in [6.45, 7) is 2.74. The van der Waals surface area contributed by atoms with Crippen molar-refractivity contribution in [3.05, 3.63) is 35.9 Å². The number of nitrogens with zero attached hydrogens (tertiary/aromatic N) is 1. The SMILES string of the molecule is O=C1C[C@H](C(=O)O)C2(CCN(CCCc3ccccc3)CC2)N1. The van der Waals surface area contributed by atoms with Gasteiger partial charge in [-0.05, 0) is 37.8 Å². The van der Waals surface area contributed by atoms with Crippen molar-refractivity contribution in [2.45, 2.75) is 37.6 Å². The first-order valence-electron chi connectivity index (χ1n) is 8.39. The Hall–Kier alpha value is -1.88. The second kappa shape index (κ2) is 6.71. The van der Waals surface area contributed by atoms with E-state index in [0.29, 0.717) is 0 Å². The van der Waals surface area contributed by atoms with Crippen LogP contribution in [-0.4, -0.2) is 47.1 Å². The van der Waals surface area contributed by atoms with E-state index in [-0.39, 0.29) is 12.3 Å². The van der Waals surface area contributed by atoms with Gasteiger partial charge in [-0.3, -0.25) is 9.59 Å². The van der Waals surface area contributed by atoms with Crippen LogP contribution in [0.25, 0.3) is 0 Å². The van der Waals surface area contributed by atoms with Crippen molar-refractivity contribution in [1.82, 2.24) is 10.2 Å². The molecule has 1 amide bonds. The number of rotatable bonds is 5. The normalized spacial score (nSPS) is 23.8. The zero-order valence-electron chi connectivity index (χ0n) is 13.3. The number of piperidine rings is 1. The number of hydrogen-bond donors (Lipinski definition) is 2. The van der Waals surface area contributed by atoms with E-state index in [4.69, 9.17) is 0 Å². The third-order valence-corrected chi connectivity index (χ3v) is 5.27. The minimum absolute atomic E-state index is 0.116. The molecule has 124 valence electrons. The molecule has 2 aliphatic rings. The van der Waals surface area contributed by atoms with Gasteiger partial charge in [-0.25, -0.2) is 0 Å². The number of carboxylic acids is 1. The number of benzene rings is 1. The molecule has 1 spiro atoms. The van der Waals surface area contributed by atoms with Crippen LogP contribution in [-0.2, 0) is 16.0 Å². The molecule has 0 unspecified atom stereocenters. The minimum atomic E-state index is -0.846. The lowest BCUT2D eigenvalue weighted by Gasteiger charge is -2.41. The van der Waals surface area contributed by atoms with Gasteiger partial charge in [0.15, 0.2) is 0 Å². The van der Waals surface area contributed by atoms with Crippen LogP contribution in [0.3, 0.4) is 0 Å². The average Bonchev–Trinajstić information content (AvgIpc) is 2.87. The number of likely N-dealkylation sites (tertiary alicyclic amines) is 1. The highest BCUT2D eigenvalue weighted by molar-refractivity contribution is 5.88. The van der Waals surface area contributed by atoms with Crippen molar-refractivity contribution < 1.29 is 14.7 Å². The van der Waals surface area contributed by atoms with Gasteiger partial charge in [-0.2, -0.15) is 0 Å². The lowest BCUT2D eigenvalue weighted by Crippen LogP contribution is -2.55. The minimum Gasteiger partial charge on any atom is -0.481 e. The Bertz CT molecular complexity index is 565. The van der Waals surface area contributed by atoms with E-state index < -0.39 is 17.4 Å². The highest BCUT2D eigenvalue weighted by atomic mass is 16.4. The van der Waals surface area contributed by atoms with Gasteiger partial charge in [0.1, 0.15) is 0 Å². The molecule has 23 heavy (non-hydrogen) atoms. The standard InChI is InChI=1S/C18H24N2O3/c21-16-13-15(17(22)23)18(19-16)8-11-20(12-9-18)10-4-7-14-5-2-1-3-6-14/h1-3,5-6,15H,4,7-13H2,(H,19,21)(H,22,23)/t15-/m1/s1. The Labute approximate surface area is 136 Å². The first-order chi connectivity index (χ1) is 11.1. The van der Waals surface area contributed by atoms with E-state index in [0.717, 1.165) is 45.3 Å². The molecule has 2 aliphatic heterocycles. The Morgan fingerprint density at radius 2 is 1.96 bits per heavy atom. The van der Waals surface area contributed by atoms with Crippen LogP contribution < -0.4 is 5.32 Å². The third-order valence-electron chi connectivity index (χ3n) is 5.27. The Kier molecular flexibility index (Phi) is 4.66. The Morgan fingerprint density at radius 3 is 2.61 bits per heavy atom. The summed E-state index contributed by atoms with van der Waals surface area (Å²) in [4.78, 5) is 25.5. The summed E-state index contributed by atoms with van der Waals surface area (Å²) in [6.07, 6.45) is 3.77. The van der Waals surface area contributed by atoms with Gasteiger partial charge in [0, 0.05) is 19.5 Å². The van der Waals surface area contributed by atoms with Crippen LogP contribution in [0, 0.1) is 5.92 Å². The van der Waals surface area contributed by atoms with Crippen molar-refractivity contribution >= 4 is 11.9 Å². The molecular weight excluding hydrogens is 292 g/mol. The molecule has 1 atom stereocenters. The summed E-state index contributed by atoms with van der Waals surface area (Å²) < 4.78 is 0. The summed E-state index contributed by atoms with van der Waals surface area (Å²) in [5.74, 6) is -1.53. The zero-order valence-corrected chi connectivity index (χ0v) is 13.3. The molecule has 0 saturated carbocycles. The fourth-order valence-electron chi connectivity index (χ4n) is 3.92. The van der Waals surface area contributed by atoms with Crippen LogP contribution in [0.5, 0.6) is 0 Å². The van der Waals surface area contributed by atoms with Crippen LogP contribution in [0.4, 0.5) is 0 Å². The number of hydrogen-bond acceptors (Lipinski definition) is 3. The molecule has 1 aromatic carbocycles. The number of aliphatic carboxylic acids is 1. The number of nitrogens with one attached hydrogen (secondary N) is 1. The lowest BCUT2D eigenvalue weighted by molar-refractivity contribution is -0.144. The van der Waals surface area contributed by atoms with Gasteiger partial charge in [0.2, 0.25) is 5.91 Å². The second-order valence-corrected chi connectivity index (χ2v) is 6.73. The zero-order chi connectivity index (χ0) is 16.3. The number of carboxylic acid groups (broad SMARTS) is 1. The predicted molar refractivity (Wildman–Crippen MR) is 87.1 cm³/mol. The highest BCUT2D eigenvalue weighted by Crippen LogP contribution is 2.36. The van der Waals surface area contributed by atoms with E-state index in [1.54, 1.807) is 0 Å². The molecule has 2 fully saturated rings. The van der Waals surface area contributed by atoms with Crippen molar-refractivity contribution in [2.24, 2.45) is 5.92 Å². The number of aryl methyl sites for hydroxylation is 1. The summed E-state index contributed by atoms with van der Waals surface area (Å²) in [6, 6.07) is 10.5. The summed E-state index contributed by atoms with van der Waals surface area (Å²) in [5, 5.41) is 12.3. The molecule has 2 N–H and O–H groups in total. The number of carbonyl (C=O) groups excluding carboxylic acids is 1. The topological polar surface area (TPSA) is 69.6 Å². The first kappa shape index (κ1) is 16.0. The number of carbonyl (C=O) groups is 2. The third kappa shape index (κ3) is 3.55. The van der Waals surface area contributed by atoms with Crippen LogP contribution in [0.2, 0.25) is 0 Å². The molecule has 0 aliphatic carbocycles. The monoisotopic (exact) mass is 316 g/mol. The average molecular weight is 316 g/mol. The Morgan fingerprint density at radius 1 is 1.26 bits per heavy atom. The van der Waals surface area contributed by atoms with E-state index >= 15 is 0 Å². The Balaban J connectivity index is 1.48. The van der Waals surface area contributed by atoms with Gasteiger partial charge in [-0.1, -0.05) is 30.3 Å². The maximum atomic E-state index is 11.7. The molecular formula is C18H24N2O3. The van der Waals surface area contributed by atoms with Crippen molar-refractivity contribution in [3.8, 4) is 0 Å². The van der Waals surface area contributed by atoms with Crippen LogP contribution in [0.15, 0.2) is 30.3 Å². The van der Waals surface area contributed by atoms with E-state index in [2.05, 4.69) is 34.5 Å². The first-order valence-corrected chi connectivity index (χ1v) is 8.39. The quantitative estimate of drug-likeness (QED) is 0.867. The van der Waals surface area contributed by atoms with Crippen LogP contribution >= 0.6 is 0 Å². The second-order valence-electron chi connectivity index (χ2n) is 6.73. The maximum Gasteiger partial charge on any atom is 0.309 e. The fourth-order valence-corrected chi connectivity index (χ4v) is 3.92. The van der Waals surface area contributed by atoms with E-state index in [9.17, 15) is 14.7 Å². The highest BCUT2D eigenvalue weighted by Gasteiger charge is 2.51. The molecule has 1 aromatic rings. The van der Waals surface area contributed by atoms with Crippen molar-refractivity contribution in [3.63, 3.8) is 0 Å². The van der Waals surface area contributed by atoms with Gasteiger partial charge < -0.3 is 15.3 Å². The van der Waals surface area contributed by atoms with Gasteiger partial charge in [0.25, 0.3) is 0 Å². The smallest absolute Gasteiger partial charge is 0.309 e. The fraction of sp³-hybridized carbons (Fsp3) is 0.556. The molecule has 0 radical (unpaired) electrons. The predicted octanol–water partition coefficient (Wildman–Crippen LogP) is 1.67. The lowest BCUT2D eigenvalue weighted by atomic mass is 9.77. The van der Waals surface area contributed by atoms with Gasteiger partial charge in [-0.15, -0.1) is 0 Å². The molecule has 3 rings (SSSR count). The molecule has 0 aromatic heterocycles. The molecule has 2 saturated heterocycles. The molecule has 2 heterocycles. The van der Waals surface area contributed by atoms with E-state index in [1.165, 1.54) is 5.56 Å². The van der Waals surface area contributed by atoms with Crippen molar-refractivity contribution in [1.29, 1.82) is 0 Å².